The number of benzene rings is 1. The van der Waals surface area contributed by atoms with Gasteiger partial charge in [0.25, 0.3) is 5.91 Å². The molecule has 0 saturated heterocycles. The van der Waals surface area contributed by atoms with Gasteiger partial charge >= 0.3 is 5.97 Å². The van der Waals surface area contributed by atoms with Crippen LogP contribution in [0.5, 0.6) is 0 Å². The predicted molar refractivity (Wildman–Crippen MR) is 125 cm³/mol. The van der Waals surface area contributed by atoms with Crippen LogP contribution in [0, 0.1) is 23.7 Å². The number of carbonyl (C=O) groups is 2. The van der Waals surface area contributed by atoms with Crippen LogP contribution >= 0.6 is 11.3 Å². The van der Waals surface area contributed by atoms with Crippen molar-refractivity contribution in [2.45, 2.75) is 25.6 Å². The first-order chi connectivity index (χ1) is 15.9. The second kappa shape index (κ2) is 14.1. The number of thiophene rings is 1. The summed E-state index contributed by atoms with van der Waals surface area (Å²) in [5.74, 6) is 9.57. The van der Waals surface area contributed by atoms with Crippen molar-refractivity contribution >= 4 is 23.2 Å². The third-order valence-corrected chi connectivity index (χ3v) is 5.26. The van der Waals surface area contributed by atoms with E-state index in [9.17, 15) is 14.7 Å². The van der Waals surface area contributed by atoms with Gasteiger partial charge in [0.15, 0.2) is 6.04 Å². The van der Waals surface area contributed by atoms with Crippen molar-refractivity contribution in [2.75, 3.05) is 26.4 Å². The third-order valence-electron chi connectivity index (χ3n) is 4.26. The van der Waals surface area contributed by atoms with Gasteiger partial charge in [0.2, 0.25) is 0 Å². The van der Waals surface area contributed by atoms with Crippen molar-refractivity contribution in [3.63, 3.8) is 0 Å². The molecule has 1 amide bonds. The number of hydrogen-bond acceptors (Lipinski definition) is 7. The van der Waals surface area contributed by atoms with Crippen LogP contribution in [0.3, 0.4) is 0 Å². The van der Waals surface area contributed by atoms with E-state index >= 15 is 0 Å². The van der Waals surface area contributed by atoms with Crippen LogP contribution in [-0.4, -0.2) is 65.7 Å². The van der Waals surface area contributed by atoms with Gasteiger partial charge in [-0.2, -0.15) is 0 Å². The van der Waals surface area contributed by atoms with Crippen molar-refractivity contribution in [2.24, 2.45) is 0 Å². The summed E-state index contributed by atoms with van der Waals surface area (Å²) in [6, 6.07) is 8.89. The number of carboxylic acid groups (broad SMARTS) is 1. The molecule has 0 aliphatic heterocycles. The Balaban J connectivity index is 1.85. The summed E-state index contributed by atoms with van der Waals surface area (Å²) in [4.78, 5) is 25.3. The van der Waals surface area contributed by atoms with Crippen LogP contribution in [0.25, 0.3) is 0 Å². The van der Waals surface area contributed by atoms with E-state index in [0.717, 1.165) is 9.75 Å². The zero-order chi connectivity index (χ0) is 24.1. The molecule has 2 atom stereocenters. The quantitative estimate of drug-likeness (QED) is 0.243. The summed E-state index contributed by atoms with van der Waals surface area (Å²) in [5.41, 5.74) is 0.920. The Labute approximate surface area is 196 Å². The number of aliphatic carboxylic acids is 1. The lowest BCUT2D eigenvalue weighted by Crippen LogP contribution is -2.47. The summed E-state index contributed by atoms with van der Waals surface area (Å²) in [6.45, 7) is 3.63. The van der Waals surface area contributed by atoms with E-state index in [1.54, 1.807) is 23.5 Å². The summed E-state index contributed by atoms with van der Waals surface area (Å²) in [5, 5.41) is 32.7. The molecule has 5 N–H and O–H groups in total. The van der Waals surface area contributed by atoms with E-state index in [-0.39, 0.29) is 12.2 Å². The Morgan fingerprint density at radius 2 is 1.82 bits per heavy atom. The molecule has 0 aliphatic carbocycles. The minimum atomic E-state index is -1.38. The van der Waals surface area contributed by atoms with Gasteiger partial charge in [-0.25, -0.2) is 4.79 Å². The minimum Gasteiger partial charge on any atom is -0.480 e. The number of amides is 1. The average Bonchev–Trinajstić information content (AvgIpc) is 3.25. The Morgan fingerprint density at radius 1 is 1.09 bits per heavy atom. The molecule has 1 aromatic heterocycles. The lowest BCUT2D eigenvalue weighted by molar-refractivity contribution is -0.141. The molecule has 2 rings (SSSR count). The lowest BCUT2D eigenvalue weighted by Gasteiger charge is -2.16. The van der Waals surface area contributed by atoms with Gasteiger partial charge in [-0.3, -0.25) is 4.79 Å². The lowest BCUT2D eigenvalue weighted by atomic mass is 10.1. The van der Waals surface area contributed by atoms with Crippen LogP contribution in [0.2, 0.25) is 0 Å². The highest BCUT2D eigenvalue weighted by Crippen LogP contribution is 2.14. The molecule has 0 spiro atoms. The number of carboxylic acids is 1. The van der Waals surface area contributed by atoms with Gasteiger partial charge in [-0.15, -0.1) is 11.3 Å². The molecule has 9 heteroatoms. The molecule has 0 radical (unpaired) electrons. The standard InChI is InChI=1S/C24H26N2O6S/c1-17(28)22(24(30)31)26-23(29)19-8-6-18(7-9-19)4-2-3-5-20-10-11-21(33-20)16-25-12-14-32-15-13-27/h6-11,17,22,25,27-28H,12-16H2,1H3,(H,26,29)(H,30,31)/t17-,22+/m1/s1. The van der Waals surface area contributed by atoms with Gasteiger partial charge in [-0.1, -0.05) is 5.92 Å². The maximum atomic E-state index is 12.2. The maximum absolute atomic E-state index is 12.2. The van der Waals surface area contributed by atoms with Gasteiger partial charge in [-0.05, 0) is 61.1 Å². The molecule has 0 aliphatic rings. The first-order valence-electron chi connectivity index (χ1n) is 10.2. The molecule has 0 unspecified atom stereocenters. The monoisotopic (exact) mass is 470 g/mol. The summed E-state index contributed by atoms with van der Waals surface area (Å²) in [6.07, 6.45) is -1.22. The number of ether oxygens (including phenoxy) is 1. The first-order valence-corrected chi connectivity index (χ1v) is 11.0. The summed E-state index contributed by atoms with van der Waals surface area (Å²) >= 11 is 1.57. The van der Waals surface area contributed by atoms with Crippen molar-refractivity contribution in [1.29, 1.82) is 0 Å². The second-order valence-electron chi connectivity index (χ2n) is 6.89. The largest absolute Gasteiger partial charge is 0.480 e. The number of hydrogen-bond donors (Lipinski definition) is 5. The van der Waals surface area contributed by atoms with Gasteiger partial charge < -0.3 is 30.7 Å². The molecule has 0 fully saturated rings. The molecule has 174 valence electrons. The number of rotatable bonds is 11. The summed E-state index contributed by atoms with van der Waals surface area (Å²) in [7, 11) is 0. The Morgan fingerprint density at radius 3 is 2.48 bits per heavy atom. The van der Waals surface area contributed by atoms with Crippen LogP contribution in [0.4, 0.5) is 0 Å². The van der Waals surface area contributed by atoms with E-state index < -0.39 is 24.0 Å². The van der Waals surface area contributed by atoms with E-state index in [0.29, 0.717) is 31.9 Å². The van der Waals surface area contributed by atoms with E-state index in [4.69, 9.17) is 14.9 Å². The normalized spacial score (nSPS) is 12.0. The highest BCUT2D eigenvalue weighted by molar-refractivity contribution is 7.12. The van der Waals surface area contributed by atoms with Gasteiger partial charge in [0.05, 0.1) is 30.8 Å². The van der Waals surface area contributed by atoms with Crippen LogP contribution < -0.4 is 10.6 Å². The third kappa shape index (κ3) is 9.46. The molecule has 8 nitrogen and oxygen atoms in total. The SMILES string of the molecule is C[C@@H](O)[C@H](NC(=O)c1ccc(C#CC#Cc2ccc(CNCCOCCO)s2)cc1)C(=O)O. The maximum Gasteiger partial charge on any atom is 0.328 e. The fourth-order valence-electron chi connectivity index (χ4n) is 2.58. The highest BCUT2D eigenvalue weighted by atomic mass is 32.1. The molecule has 0 saturated carbocycles. The number of aliphatic hydroxyl groups excluding tert-OH is 2. The van der Waals surface area contributed by atoms with Crippen molar-refractivity contribution in [3.8, 4) is 23.7 Å². The molecule has 2 aromatic rings. The Hall–Kier alpha value is -3.18. The first kappa shape index (κ1) is 26.1. The second-order valence-corrected chi connectivity index (χ2v) is 8.05. The minimum absolute atomic E-state index is 0.0259. The van der Waals surface area contributed by atoms with Gasteiger partial charge in [0.1, 0.15) is 0 Å². The van der Waals surface area contributed by atoms with Crippen molar-refractivity contribution in [1.82, 2.24) is 10.6 Å². The highest BCUT2D eigenvalue weighted by Gasteiger charge is 2.25. The van der Waals surface area contributed by atoms with Crippen LogP contribution in [0.15, 0.2) is 36.4 Å². The zero-order valence-corrected chi connectivity index (χ0v) is 18.9. The molecule has 0 bridgehead atoms. The topological polar surface area (TPSA) is 128 Å². The zero-order valence-electron chi connectivity index (χ0n) is 18.1. The fourth-order valence-corrected chi connectivity index (χ4v) is 3.41. The average molecular weight is 471 g/mol. The number of nitrogens with one attached hydrogen (secondary N) is 2. The van der Waals surface area contributed by atoms with Crippen molar-refractivity contribution in [3.05, 3.63) is 57.3 Å². The van der Waals surface area contributed by atoms with Crippen molar-refractivity contribution < 1.29 is 29.6 Å². The van der Waals surface area contributed by atoms with E-state index in [1.165, 1.54) is 19.1 Å². The molecular formula is C24H26N2O6S. The van der Waals surface area contributed by atoms with Crippen LogP contribution in [0.1, 0.15) is 32.6 Å². The van der Waals surface area contributed by atoms with E-state index in [1.807, 2.05) is 12.1 Å². The molecule has 1 aromatic carbocycles. The Bertz CT molecular complexity index is 1040. The number of carbonyl (C=O) groups excluding carboxylic acids is 1. The predicted octanol–water partition coefficient (Wildman–Crippen LogP) is 0.814. The fraction of sp³-hybridized carbons (Fsp3) is 0.333. The number of aliphatic hydroxyl groups is 2. The smallest absolute Gasteiger partial charge is 0.328 e. The molecular weight excluding hydrogens is 444 g/mol. The summed E-state index contributed by atoms with van der Waals surface area (Å²) < 4.78 is 5.18. The Kier molecular flexibility index (Phi) is 11.1. The molecule has 33 heavy (non-hydrogen) atoms. The van der Waals surface area contributed by atoms with E-state index in [2.05, 4.69) is 34.3 Å². The molecule has 1 heterocycles. The van der Waals surface area contributed by atoms with Gasteiger partial charge in [0, 0.05) is 29.1 Å². The van der Waals surface area contributed by atoms with Crippen LogP contribution in [-0.2, 0) is 16.1 Å².